The number of rotatable bonds is 7. The van der Waals surface area contributed by atoms with Gasteiger partial charge < -0.3 is 9.47 Å². The number of nitro groups is 1. The first-order valence-corrected chi connectivity index (χ1v) is 8.00. The van der Waals surface area contributed by atoms with E-state index in [4.69, 9.17) is 4.74 Å². The SMILES string of the molecule is COC(=O)CCCOc1ccc(-c2cn3cc([N+](=O)[O-])ccc3n2)cc1. The monoisotopic (exact) mass is 355 g/mol. The van der Waals surface area contributed by atoms with Crippen LogP contribution in [0.4, 0.5) is 5.69 Å². The molecule has 0 saturated heterocycles. The Morgan fingerprint density at radius 3 is 2.65 bits per heavy atom. The summed E-state index contributed by atoms with van der Waals surface area (Å²) in [4.78, 5) is 25.9. The molecule has 0 radical (unpaired) electrons. The van der Waals surface area contributed by atoms with Crippen LogP contribution in [0.5, 0.6) is 5.75 Å². The van der Waals surface area contributed by atoms with Crippen molar-refractivity contribution in [2.24, 2.45) is 0 Å². The Bertz CT molecular complexity index is 934. The van der Waals surface area contributed by atoms with Crippen LogP contribution in [0.2, 0.25) is 0 Å². The summed E-state index contributed by atoms with van der Waals surface area (Å²) in [5.74, 6) is 0.439. The lowest BCUT2D eigenvalue weighted by atomic mass is 10.1. The predicted octanol–water partition coefficient (Wildman–Crippen LogP) is 3.24. The fourth-order valence-corrected chi connectivity index (χ4v) is 2.46. The molecule has 0 unspecified atom stereocenters. The van der Waals surface area contributed by atoms with Gasteiger partial charge in [0.2, 0.25) is 0 Å². The van der Waals surface area contributed by atoms with Crippen LogP contribution in [0.25, 0.3) is 16.9 Å². The van der Waals surface area contributed by atoms with Crippen LogP contribution < -0.4 is 4.74 Å². The van der Waals surface area contributed by atoms with Gasteiger partial charge in [-0.25, -0.2) is 4.98 Å². The highest BCUT2D eigenvalue weighted by atomic mass is 16.6. The van der Waals surface area contributed by atoms with E-state index < -0.39 is 4.92 Å². The Hall–Kier alpha value is -3.42. The topological polar surface area (TPSA) is 96.0 Å². The summed E-state index contributed by atoms with van der Waals surface area (Å²) in [5.41, 5.74) is 2.23. The number of fused-ring (bicyclic) bond motifs is 1. The van der Waals surface area contributed by atoms with E-state index in [2.05, 4.69) is 9.72 Å². The molecule has 0 aliphatic heterocycles. The summed E-state index contributed by atoms with van der Waals surface area (Å²) in [7, 11) is 1.36. The number of methoxy groups -OCH3 is 1. The van der Waals surface area contributed by atoms with E-state index in [0.717, 1.165) is 5.56 Å². The molecule has 0 N–H and O–H groups in total. The molecule has 2 aromatic heterocycles. The highest BCUT2D eigenvalue weighted by Gasteiger charge is 2.10. The van der Waals surface area contributed by atoms with Crippen LogP contribution in [0.3, 0.4) is 0 Å². The van der Waals surface area contributed by atoms with Gasteiger partial charge >= 0.3 is 5.97 Å². The van der Waals surface area contributed by atoms with Gasteiger partial charge in [-0.15, -0.1) is 0 Å². The van der Waals surface area contributed by atoms with E-state index in [-0.39, 0.29) is 11.7 Å². The molecule has 8 nitrogen and oxygen atoms in total. The zero-order chi connectivity index (χ0) is 18.5. The molecular formula is C18H17N3O5. The van der Waals surface area contributed by atoms with Gasteiger partial charge in [0.15, 0.2) is 0 Å². The molecule has 3 rings (SSSR count). The Kier molecular flexibility index (Phi) is 5.12. The van der Waals surface area contributed by atoms with Crippen molar-refractivity contribution >= 4 is 17.3 Å². The molecule has 3 aromatic rings. The van der Waals surface area contributed by atoms with Gasteiger partial charge in [0.05, 0.1) is 30.5 Å². The van der Waals surface area contributed by atoms with E-state index in [1.54, 1.807) is 16.7 Å². The summed E-state index contributed by atoms with van der Waals surface area (Å²) in [6, 6.07) is 10.4. The summed E-state index contributed by atoms with van der Waals surface area (Å²) in [6.45, 7) is 0.423. The molecule has 0 saturated carbocycles. The third kappa shape index (κ3) is 3.97. The van der Waals surface area contributed by atoms with Gasteiger partial charge in [-0.1, -0.05) is 0 Å². The molecular weight excluding hydrogens is 338 g/mol. The number of benzene rings is 1. The van der Waals surface area contributed by atoms with E-state index in [0.29, 0.717) is 36.5 Å². The smallest absolute Gasteiger partial charge is 0.305 e. The molecule has 8 heteroatoms. The van der Waals surface area contributed by atoms with Gasteiger partial charge in [-0.3, -0.25) is 19.3 Å². The van der Waals surface area contributed by atoms with Gasteiger partial charge in [0, 0.05) is 24.2 Å². The van der Waals surface area contributed by atoms with Gasteiger partial charge in [-0.05, 0) is 36.8 Å². The molecule has 134 valence electrons. The van der Waals surface area contributed by atoms with Gasteiger partial charge in [-0.2, -0.15) is 0 Å². The lowest BCUT2D eigenvalue weighted by Crippen LogP contribution is -2.04. The van der Waals surface area contributed by atoms with Crippen LogP contribution >= 0.6 is 0 Å². The summed E-state index contributed by atoms with van der Waals surface area (Å²) < 4.78 is 11.8. The second kappa shape index (κ2) is 7.64. The van der Waals surface area contributed by atoms with Crippen molar-refractivity contribution in [1.29, 1.82) is 0 Å². The first-order valence-electron chi connectivity index (χ1n) is 8.00. The Morgan fingerprint density at radius 2 is 1.96 bits per heavy atom. The highest BCUT2D eigenvalue weighted by Crippen LogP contribution is 2.23. The van der Waals surface area contributed by atoms with E-state index in [9.17, 15) is 14.9 Å². The molecule has 0 spiro atoms. The van der Waals surface area contributed by atoms with Crippen molar-refractivity contribution in [3.8, 4) is 17.0 Å². The number of carbonyl (C=O) groups is 1. The first-order chi connectivity index (χ1) is 12.6. The predicted molar refractivity (Wildman–Crippen MR) is 94.0 cm³/mol. The summed E-state index contributed by atoms with van der Waals surface area (Å²) in [6.07, 6.45) is 4.08. The average molecular weight is 355 g/mol. The minimum absolute atomic E-state index is 0.0113. The molecule has 26 heavy (non-hydrogen) atoms. The zero-order valence-corrected chi connectivity index (χ0v) is 14.1. The Labute approximate surface area is 149 Å². The third-order valence-electron chi connectivity index (χ3n) is 3.82. The maximum Gasteiger partial charge on any atom is 0.305 e. The number of ether oxygens (including phenoxy) is 2. The van der Waals surface area contributed by atoms with Crippen molar-refractivity contribution in [2.45, 2.75) is 12.8 Å². The van der Waals surface area contributed by atoms with Crippen LogP contribution in [0.1, 0.15) is 12.8 Å². The van der Waals surface area contributed by atoms with Crippen molar-refractivity contribution < 1.29 is 19.2 Å². The number of esters is 1. The number of hydrogen-bond donors (Lipinski definition) is 0. The zero-order valence-electron chi connectivity index (χ0n) is 14.1. The normalized spacial score (nSPS) is 10.7. The van der Waals surface area contributed by atoms with Crippen molar-refractivity contribution in [1.82, 2.24) is 9.38 Å². The van der Waals surface area contributed by atoms with Gasteiger partial charge in [0.25, 0.3) is 5.69 Å². The largest absolute Gasteiger partial charge is 0.494 e. The van der Waals surface area contributed by atoms with Crippen LogP contribution in [-0.4, -0.2) is 34.0 Å². The molecule has 1 aromatic carbocycles. The second-order valence-electron chi connectivity index (χ2n) is 5.59. The number of aromatic nitrogens is 2. The van der Waals surface area contributed by atoms with Crippen LogP contribution in [-0.2, 0) is 9.53 Å². The van der Waals surface area contributed by atoms with Crippen LogP contribution in [0, 0.1) is 10.1 Å². The Morgan fingerprint density at radius 1 is 1.19 bits per heavy atom. The Balaban J connectivity index is 1.67. The molecule has 0 amide bonds. The maximum atomic E-state index is 11.0. The van der Waals surface area contributed by atoms with E-state index >= 15 is 0 Å². The van der Waals surface area contributed by atoms with E-state index in [1.165, 1.54) is 19.4 Å². The molecule has 0 atom stereocenters. The van der Waals surface area contributed by atoms with Crippen molar-refractivity contribution in [3.05, 3.63) is 58.9 Å². The highest BCUT2D eigenvalue weighted by molar-refractivity contribution is 5.69. The quantitative estimate of drug-likeness (QED) is 0.279. The number of hydrogen-bond acceptors (Lipinski definition) is 6. The maximum absolute atomic E-state index is 11.0. The first kappa shape index (κ1) is 17.4. The molecule has 0 fully saturated rings. The minimum atomic E-state index is -0.439. The molecule has 0 aliphatic carbocycles. The fraction of sp³-hybridized carbons (Fsp3) is 0.222. The molecule has 0 bridgehead atoms. The van der Waals surface area contributed by atoms with Crippen molar-refractivity contribution in [3.63, 3.8) is 0 Å². The number of pyridine rings is 1. The lowest BCUT2D eigenvalue weighted by Gasteiger charge is -2.06. The summed E-state index contributed by atoms with van der Waals surface area (Å²) >= 11 is 0. The standard InChI is InChI=1S/C18H17N3O5/c1-25-18(22)3-2-10-26-15-7-4-13(5-8-15)16-12-20-11-14(21(23)24)6-9-17(20)19-16/h4-9,11-12H,2-3,10H2,1H3. The van der Waals surface area contributed by atoms with Crippen molar-refractivity contribution in [2.75, 3.05) is 13.7 Å². The molecule has 0 aliphatic rings. The number of carbonyl (C=O) groups excluding carboxylic acids is 1. The number of imidazole rings is 1. The molecule has 2 heterocycles. The average Bonchev–Trinajstić information content (AvgIpc) is 3.08. The fourth-order valence-electron chi connectivity index (χ4n) is 2.46. The number of nitrogens with zero attached hydrogens (tertiary/aromatic N) is 3. The van der Waals surface area contributed by atoms with Crippen LogP contribution in [0.15, 0.2) is 48.8 Å². The van der Waals surface area contributed by atoms with Gasteiger partial charge in [0.1, 0.15) is 11.4 Å². The lowest BCUT2D eigenvalue weighted by molar-refractivity contribution is -0.385. The minimum Gasteiger partial charge on any atom is -0.494 e. The third-order valence-corrected chi connectivity index (χ3v) is 3.82. The second-order valence-corrected chi connectivity index (χ2v) is 5.59. The summed E-state index contributed by atoms with van der Waals surface area (Å²) in [5, 5.41) is 10.9. The van der Waals surface area contributed by atoms with E-state index in [1.807, 2.05) is 24.3 Å².